The van der Waals surface area contributed by atoms with Crippen molar-refractivity contribution in [2.24, 2.45) is 0 Å². The molecule has 6 heteroatoms. The molecular weight excluding hydrogens is 347 g/mol. The Hall–Kier alpha value is -2.89. The largest absolute Gasteiger partial charge is 0.494 e. The Bertz CT molecular complexity index is 867. The number of hydrogen-bond donors (Lipinski definition) is 2. The fourth-order valence-corrected chi connectivity index (χ4v) is 3.46. The number of nitrogen functional groups attached to an aromatic ring is 1. The molecular formula is C21H23FN2O3. The lowest BCUT2D eigenvalue weighted by molar-refractivity contribution is -0.121. The van der Waals surface area contributed by atoms with Crippen LogP contribution in [0.5, 0.6) is 5.75 Å². The van der Waals surface area contributed by atoms with Crippen LogP contribution in [0.3, 0.4) is 0 Å². The van der Waals surface area contributed by atoms with E-state index in [-0.39, 0.29) is 41.9 Å². The summed E-state index contributed by atoms with van der Waals surface area (Å²) in [7, 11) is 1.36. The number of amides is 1. The summed E-state index contributed by atoms with van der Waals surface area (Å²) in [5, 5.41) is 3.00. The van der Waals surface area contributed by atoms with Crippen molar-refractivity contribution >= 4 is 17.4 Å². The molecule has 2 aromatic carbocycles. The summed E-state index contributed by atoms with van der Waals surface area (Å²) in [6, 6.07) is 9.74. The second-order valence-corrected chi connectivity index (χ2v) is 6.74. The molecule has 1 unspecified atom stereocenters. The summed E-state index contributed by atoms with van der Waals surface area (Å²) in [6.07, 6.45) is 2.88. The smallest absolute Gasteiger partial charge is 0.220 e. The predicted molar refractivity (Wildman–Crippen MR) is 101 cm³/mol. The lowest BCUT2D eigenvalue weighted by atomic mass is 9.87. The van der Waals surface area contributed by atoms with Crippen LogP contribution in [0, 0.1) is 5.82 Å². The first kappa shape index (κ1) is 18.9. The Kier molecular flexibility index (Phi) is 5.74. The highest BCUT2D eigenvalue weighted by molar-refractivity contribution is 5.98. The van der Waals surface area contributed by atoms with Gasteiger partial charge in [0.25, 0.3) is 0 Å². The number of ether oxygens (including phenoxy) is 1. The third-order valence-electron chi connectivity index (χ3n) is 4.87. The summed E-state index contributed by atoms with van der Waals surface area (Å²) in [5.41, 5.74) is 9.04. The van der Waals surface area contributed by atoms with Gasteiger partial charge in [-0.3, -0.25) is 9.59 Å². The van der Waals surface area contributed by atoms with E-state index in [4.69, 9.17) is 10.5 Å². The van der Waals surface area contributed by atoms with E-state index in [2.05, 4.69) is 5.32 Å². The molecule has 0 fully saturated rings. The number of ketones is 1. The number of carbonyl (C=O) groups excluding carboxylic acids is 2. The van der Waals surface area contributed by atoms with Gasteiger partial charge < -0.3 is 15.8 Å². The topological polar surface area (TPSA) is 81.4 Å². The van der Waals surface area contributed by atoms with E-state index in [1.807, 2.05) is 18.2 Å². The van der Waals surface area contributed by atoms with Gasteiger partial charge in [-0.1, -0.05) is 6.07 Å². The van der Waals surface area contributed by atoms with E-state index < -0.39 is 5.82 Å². The third kappa shape index (κ3) is 4.45. The van der Waals surface area contributed by atoms with Crippen molar-refractivity contribution in [3.63, 3.8) is 0 Å². The predicted octanol–water partition coefficient (Wildman–Crippen LogP) is 3.57. The first-order valence-corrected chi connectivity index (χ1v) is 9.02. The normalized spacial score (nSPS) is 15.7. The number of aryl methyl sites for hydroxylation is 1. The molecule has 1 amide bonds. The molecule has 3 rings (SSSR count). The average molecular weight is 370 g/mol. The molecule has 0 aliphatic heterocycles. The van der Waals surface area contributed by atoms with Crippen molar-refractivity contribution in [2.45, 2.75) is 38.1 Å². The maximum absolute atomic E-state index is 13.7. The lowest BCUT2D eigenvalue weighted by Gasteiger charge is -2.26. The second kappa shape index (κ2) is 8.20. The SMILES string of the molecule is COc1ccc(C(=O)CCC(=O)NC2CCCc3cc(N)ccc32)cc1F. The van der Waals surface area contributed by atoms with Crippen molar-refractivity contribution in [2.75, 3.05) is 12.8 Å². The van der Waals surface area contributed by atoms with Gasteiger partial charge >= 0.3 is 0 Å². The first-order chi connectivity index (χ1) is 13.0. The van der Waals surface area contributed by atoms with Crippen molar-refractivity contribution in [3.8, 4) is 5.75 Å². The van der Waals surface area contributed by atoms with Crippen LogP contribution in [0.15, 0.2) is 36.4 Å². The molecule has 1 atom stereocenters. The van der Waals surface area contributed by atoms with Crippen LogP contribution in [-0.4, -0.2) is 18.8 Å². The summed E-state index contributed by atoms with van der Waals surface area (Å²) >= 11 is 0. The van der Waals surface area contributed by atoms with Crippen molar-refractivity contribution in [3.05, 3.63) is 58.9 Å². The Labute approximate surface area is 157 Å². The molecule has 0 heterocycles. The maximum atomic E-state index is 13.7. The number of anilines is 1. The number of fused-ring (bicyclic) bond motifs is 1. The van der Waals surface area contributed by atoms with Gasteiger partial charge in [0.05, 0.1) is 13.2 Å². The van der Waals surface area contributed by atoms with Crippen LogP contribution < -0.4 is 15.8 Å². The standard InChI is InChI=1S/C21H23FN2O3/c1-27-20-9-5-14(12-17(20)22)19(25)8-10-21(26)24-18-4-2-3-13-11-15(23)6-7-16(13)18/h5-7,9,11-12,18H,2-4,8,10,23H2,1H3,(H,24,26). The fourth-order valence-electron chi connectivity index (χ4n) is 3.46. The molecule has 0 saturated carbocycles. The van der Waals surface area contributed by atoms with Gasteiger partial charge in [-0.05, 0) is 60.7 Å². The minimum atomic E-state index is -0.592. The van der Waals surface area contributed by atoms with E-state index in [1.54, 1.807) is 0 Å². The van der Waals surface area contributed by atoms with E-state index in [9.17, 15) is 14.0 Å². The minimum absolute atomic E-state index is 0.0267. The summed E-state index contributed by atoms with van der Waals surface area (Å²) in [6.45, 7) is 0. The number of methoxy groups -OCH3 is 1. The number of hydrogen-bond acceptors (Lipinski definition) is 4. The van der Waals surface area contributed by atoms with Crippen LogP contribution in [0.25, 0.3) is 0 Å². The Morgan fingerprint density at radius 3 is 2.78 bits per heavy atom. The summed E-state index contributed by atoms with van der Waals surface area (Å²) < 4.78 is 18.6. The zero-order valence-corrected chi connectivity index (χ0v) is 15.3. The van der Waals surface area contributed by atoms with E-state index in [1.165, 1.54) is 19.2 Å². The molecule has 0 saturated heterocycles. The molecule has 0 bridgehead atoms. The van der Waals surface area contributed by atoms with Gasteiger partial charge in [0, 0.05) is 24.1 Å². The van der Waals surface area contributed by atoms with E-state index in [0.29, 0.717) is 0 Å². The maximum Gasteiger partial charge on any atom is 0.220 e. The first-order valence-electron chi connectivity index (χ1n) is 9.02. The quantitative estimate of drug-likeness (QED) is 0.602. The van der Waals surface area contributed by atoms with Gasteiger partial charge in [0.1, 0.15) is 0 Å². The number of nitrogens with two attached hydrogens (primary N) is 1. The molecule has 0 radical (unpaired) electrons. The number of benzene rings is 2. The third-order valence-corrected chi connectivity index (χ3v) is 4.87. The molecule has 27 heavy (non-hydrogen) atoms. The zero-order chi connectivity index (χ0) is 19.4. The van der Waals surface area contributed by atoms with Crippen LogP contribution >= 0.6 is 0 Å². The number of Topliss-reactive ketones (excluding diaryl/α,β-unsaturated/α-hetero) is 1. The van der Waals surface area contributed by atoms with Crippen molar-refractivity contribution in [1.29, 1.82) is 0 Å². The number of rotatable bonds is 6. The van der Waals surface area contributed by atoms with Crippen molar-refractivity contribution in [1.82, 2.24) is 5.32 Å². The van der Waals surface area contributed by atoms with E-state index >= 15 is 0 Å². The summed E-state index contributed by atoms with van der Waals surface area (Å²) in [5.74, 6) is -0.970. The van der Waals surface area contributed by atoms with Crippen LogP contribution in [0.4, 0.5) is 10.1 Å². The van der Waals surface area contributed by atoms with Crippen LogP contribution in [-0.2, 0) is 11.2 Å². The van der Waals surface area contributed by atoms with Crippen LogP contribution in [0.1, 0.15) is 53.2 Å². The van der Waals surface area contributed by atoms with Gasteiger partial charge in [-0.2, -0.15) is 0 Å². The number of carbonyl (C=O) groups is 2. The van der Waals surface area contributed by atoms with E-state index in [0.717, 1.165) is 42.1 Å². The number of nitrogens with one attached hydrogen (secondary N) is 1. The Morgan fingerprint density at radius 1 is 1.22 bits per heavy atom. The molecule has 0 spiro atoms. The molecule has 0 aromatic heterocycles. The second-order valence-electron chi connectivity index (χ2n) is 6.74. The Balaban J connectivity index is 1.57. The molecule has 3 N–H and O–H groups in total. The van der Waals surface area contributed by atoms with Crippen LogP contribution in [0.2, 0.25) is 0 Å². The fraction of sp³-hybridized carbons (Fsp3) is 0.333. The highest BCUT2D eigenvalue weighted by Crippen LogP contribution is 2.31. The highest BCUT2D eigenvalue weighted by atomic mass is 19.1. The minimum Gasteiger partial charge on any atom is -0.494 e. The van der Waals surface area contributed by atoms with Gasteiger partial charge in [-0.25, -0.2) is 4.39 Å². The molecule has 2 aromatic rings. The highest BCUT2D eigenvalue weighted by Gasteiger charge is 2.22. The van der Waals surface area contributed by atoms with Gasteiger partial charge in [-0.15, -0.1) is 0 Å². The van der Waals surface area contributed by atoms with Crippen molar-refractivity contribution < 1.29 is 18.7 Å². The zero-order valence-electron chi connectivity index (χ0n) is 15.3. The average Bonchev–Trinajstić information content (AvgIpc) is 2.66. The summed E-state index contributed by atoms with van der Waals surface area (Å²) in [4.78, 5) is 24.5. The van der Waals surface area contributed by atoms with Gasteiger partial charge in [0.15, 0.2) is 17.3 Å². The van der Waals surface area contributed by atoms with Gasteiger partial charge in [0.2, 0.25) is 5.91 Å². The monoisotopic (exact) mass is 370 g/mol. The Morgan fingerprint density at radius 2 is 2.04 bits per heavy atom. The molecule has 1 aliphatic carbocycles. The lowest BCUT2D eigenvalue weighted by Crippen LogP contribution is -2.31. The number of halogens is 1. The molecule has 142 valence electrons. The molecule has 1 aliphatic rings. The molecule has 5 nitrogen and oxygen atoms in total.